The molecule has 0 aromatic heterocycles. The van der Waals surface area contributed by atoms with Crippen molar-refractivity contribution in [1.29, 1.82) is 0 Å². The van der Waals surface area contributed by atoms with Gasteiger partial charge in [0.1, 0.15) is 28.8 Å². The molecule has 1 saturated carbocycles. The number of rotatable bonds is 11. The van der Waals surface area contributed by atoms with Crippen molar-refractivity contribution < 1.29 is 23.9 Å². The first-order chi connectivity index (χ1) is 20.6. The Morgan fingerprint density at radius 1 is 1.02 bits per heavy atom. The van der Waals surface area contributed by atoms with E-state index < -0.39 is 23.8 Å². The monoisotopic (exact) mass is 627 g/mol. The minimum atomic E-state index is -0.773. The molecule has 1 unspecified atom stereocenters. The quantitative estimate of drug-likeness (QED) is 0.308. The van der Waals surface area contributed by atoms with Crippen LogP contribution in [0, 0.1) is 5.92 Å². The second-order valence-electron chi connectivity index (χ2n) is 12.2. The summed E-state index contributed by atoms with van der Waals surface area (Å²) in [6, 6.07) is 15.7. The lowest BCUT2D eigenvalue weighted by atomic mass is 9.91. The van der Waals surface area contributed by atoms with Crippen molar-refractivity contribution in [3.63, 3.8) is 0 Å². The largest absolute Gasteiger partial charge is 0.497 e. The SMILES string of the molecule is COc1ccc(CNC(=O)[C@H](CSCC2CCCCC2)NC(=O)[C@@H]2CSC(c3ccccc3)N2C(=O)OC(C)(C)C)cc1. The number of carbonyl (C=O) groups is 3. The normalized spacial score (nSPS) is 19.9. The second kappa shape index (κ2) is 15.7. The fourth-order valence-corrected chi connectivity index (χ4v) is 8.03. The molecule has 1 saturated heterocycles. The van der Waals surface area contributed by atoms with Crippen molar-refractivity contribution >= 4 is 41.4 Å². The van der Waals surface area contributed by atoms with Gasteiger partial charge in [-0.25, -0.2) is 4.79 Å². The third-order valence-corrected chi connectivity index (χ3v) is 10.2. The lowest BCUT2D eigenvalue weighted by Gasteiger charge is -2.32. The van der Waals surface area contributed by atoms with Crippen LogP contribution in [0.2, 0.25) is 0 Å². The van der Waals surface area contributed by atoms with E-state index in [0.717, 1.165) is 22.6 Å². The molecule has 0 radical (unpaired) electrons. The summed E-state index contributed by atoms with van der Waals surface area (Å²) >= 11 is 3.24. The molecule has 4 rings (SSSR count). The Morgan fingerprint density at radius 3 is 2.37 bits per heavy atom. The summed E-state index contributed by atoms with van der Waals surface area (Å²) in [5, 5.41) is 5.65. The number of benzene rings is 2. The third-order valence-electron chi connectivity index (χ3n) is 7.61. The van der Waals surface area contributed by atoms with Gasteiger partial charge in [0, 0.05) is 18.1 Å². The van der Waals surface area contributed by atoms with Crippen LogP contribution in [0.1, 0.15) is 69.4 Å². The van der Waals surface area contributed by atoms with Gasteiger partial charge in [0.05, 0.1) is 7.11 Å². The number of nitrogens with zero attached hydrogens (tertiary/aromatic N) is 1. The summed E-state index contributed by atoms with van der Waals surface area (Å²) < 4.78 is 11.0. The molecule has 1 aliphatic carbocycles. The van der Waals surface area contributed by atoms with Gasteiger partial charge < -0.3 is 20.1 Å². The summed E-state index contributed by atoms with van der Waals surface area (Å²) in [6.07, 6.45) is 5.72. The average molecular weight is 628 g/mol. The van der Waals surface area contributed by atoms with E-state index in [4.69, 9.17) is 9.47 Å². The van der Waals surface area contributed by atoms with Crippen LogP contribution in [0.3, 0.4) is 0 Å². The highest BCUT2D eigenvalue weighted by Gasteiger charge is 2.45. The standard InChI is InChI=1S/C33H45N3O5S2/c1-33(2,3)41-32(39)36-28(22-43-31(36)25-13-9-6-10-14-25)30(38)35-27(21-42-20-24-11-7-5-8-12-24)29(37)34-19-23-15-17-26(40-4)18-16-23/h6,9-10,13-18,24,27-28,31H,5,7-8,11-12,19-22H2,1-4H3,(H,34,37)(H,35,38)/t27-,28-,31?/m0/s1. The predicted molar refractivity (Wildman–Crippen MR) is 174 cm³/mol. The van der Waals surface area contributed by atoms with E-state index >= 15 is 0 Å². The van der Waals surface area contributed by atoms with Gasteiger partial charge in [0.25, 0.3) is 0 Å². The van der Waals surface area contributed by atoms with Gasteiger partial charge >= 0.3 is 6.09 Å². The molecule has 43 heavy (non-hydrogen) atoms. The second-order valence-corrected chi connectivity index (χ2v) is 14.4. The number of hydrogen-bond donors (Lipinski definition) is 2. The number of amides is 3. The fourth-order valence-electron chi connectivity index (χ4n) is 5.33. The van der Waals surface area contributed by atoms with E-state index in [-0.39, 0.29) is 17.2 Å². The number of methoxy groups -OCH3 is 1. The van der Waals surface area contributed by atoms with E-state index in [2.05, 4.69) is 10.6 Å². The Morgan fingerprint density at radius 2 is 1.72 bits per heavy atom. The number of thioether (sulfide) groups is 2. The van der Waals surface area contributed by atoms with Gasteiger partial charge in [-0.1, -0.05) is 61.7 Å². The van der Waals surface area contributed by atoms with Crippen LogP contribution in [-0.2, 0) is 20.9 Å². The fraction of sp³-hybridized carbons (Fsp3) is 0.545. The molecule has 1 heterocycles. The molecular weight excluding hydrogens is 583 g/mol. The minimum absolute atomic E-state index is 0.241. The van der Waals surface area contributed by atoms with E-state index in [9.17, 15) is 14.4 Å². The smallest absolute Gasteiger partial charge is 0.412 e. The van der Waals surface area contributed by atoms with Crippen molar-refractivity contribution in [1.82, 2.24) is 15.5 Å². The molecule has 8 nitrogen and oxygen atoms in total. The predicted octanol–water partition coefficient (Wildman–Crippen LogP) is 6.16. The van der Waals surface area contributed by atoms with E-state index in [1.165, 1.54) is 48.8 Å². The highest BCUT2D eigenvalue weighted by Crippen LogP contribution is 2.42. The maximum atomic E-state index is 13.9. The Labute approximate surface area is 264 Å². The minimum Gasteiger partial charge on any atom is -0.497 e. The van der Waals surface area contributed by atoms with Crippen LogP contribution in [0.15, 0.2) is 54.6 Å². The Bertz CT molecular complexity index is 1200. The number of hydrogen-bond acceptors (Lipinski definition) is 7. The molecule has 2 aromatic rings. The van der Waals surface area contributed by atoms with Gasteiger partial charge in [-0.05, 0) is 68.5 Å². The van der Waals surface area contributed by atoms with E-state index in [1.54, 1.807) is 18.9 Å². The first kappa shape index (κ1) is 33.1. The van der Waals surface area contributed by atoms with Crippen molar-refractivity contribution in [2.75, 3.05) is 24.4 Å². The molecule has 10 heteroatoms. The molecule has 3 atom stereocenters. The lowest BCUT2D eigenvalue weighted by molar-refractivity contribution is -0.131. The molecule has 0 bridgehead atoms. The molecule has 2 aliphatic rings. The maximum Gasteiger partial charge on any atom is 0.412 e. The van der Waals surface area contributed by atoms with Crippen molar-refractivity contribution in [3.05, 3.63) is 65.7 Å². The summed E-state index contributed by atoms with van der Waals surface area (Å²) in [6.45, 7) is 5.77. The zero-order valence-electron chi connectivity index (χ0n) is 25.7. The van der Waals surface area contributed by atoms with Gasteiger partial charge in [-0.2, -0.15) is 11.8 Å². The lowest BCUT2D eigenvalue weighted by Crippen LogP contribution is -2.55. The van der Waals surface area contributed by atoms with Crippen LogP contribution in [-0.4, -0.2) is 64.9 Å². The molecule has 2 fully saturated rings. The molecular formula is C33H45N3O5S2. The molecule has 0 spiro atoms. The van der Waals surface area contributed by atoms with Crippen molar-refractivity contribution in [3.8, 4) is 5.75 Å². The topological polar surface area (TPSA) is 97.0 Å². The number of nitrogens with one attached hydrogen (secondary N) is 2. The zero-order valence-corrected chi connectivity index (χ0v) is 27.3. The van der Waals surface area contributed by atoms with Crippen LogP contribution in [0.25, 0.3) is 0 Å². The first-order valence-corrected chi connectivity index (χ1v) is 17.3. The van der Waals surface area contributed by atoms with E-state index in [1.807, 2.05) is 75.4 Å². The number of carbonyl (C=O) groups excluding carboxylic acids is 3. The molecule has 2 aromatic carbocycles. The maximum absolute atomic E-state index is 13.9. The van der Waals surface area contributed by atoms with Gasteiger partial charge in [0.15, 0.2) is 0 Å². The van der Waals surface area contributed by atoms with Crippen LogP contribution in [0.4, 0.5) is 4.79 Å². The van der Waals surface area contributed by atoms with Crippen LogP contribution in [0.5, 0.6) is 5.75 Å². The Hall–Kier alpha value is -2.85. The third kappa shape index (κ3) is 9.83. The zero-order chi connectivity index (χ0) is 30.8. The highest BCUT2D eigenvalue weighted by atomic mass is 32.2. The van der Waals surface area contributed by atoms with Crippen LogP contribution >= 0.6 is 23.5 Å². The van der Waals surface area contributed by atoms with Gasteiger partial charge in [-0.3, -0.25) is 14.5 Å². The van der Waals surface area contributed by atoms with E-state index in [0.29, 0.717) is 24.0 Å². The summed E-state index contributed by atoms with van der Waals surface area (Å²) in [5.41, 5.74) is 1.14. The van der Waals surface area contributed by atoms with Gasteiger partial charge in [-0.15, -0.1) is 11.8 Å². The van der Waals surface area contributed by atoms with Crippen molar-refractivity contribution in [2.24, 2.45) is 5.92 Å². The molecule has 234 valence electrons. The molecule has 2 N–H and O–H groups in total. The Balaban J connectivity index is 1.47. The number of ether oxygens (including phenoxy) is 2. The average Bonchev–Trinajstić information content (AvgIpc) is 3.46. The first-order valence-electron chi connectivity index (χ1n) is 15.1. The summed E-state index contributed by atoms with van der Waals surface area (Å²) in [4.78, 5) is 42.3. The van der Waals surface area contributed by atoms with Crippen molar-refractivity contribution in [2.45, 2.75) is 82.5 Å². The van der Waals surface area contributed by atoms with Crippen LogP contribution < -0.4 is 15.4 Å². The Kier molecular flexibility index (Phi) is 12.1. The highest BCUT2D eigenvalue weighted by molar-refractivity contribution is 7.99. The summed E-state index contributed by atoms with van der Waals surface area (Å²) in [5.74, 6) is 2.65. The molecule has 1 aliphatic heterocycles. The molecule has 3 amide bonds. The van der Waals surface area contributed by atoms with Gasteiger partial charge in [0.2, 0.25) is 11.8 Å². The summed E-state index contributed by atoms with van der Waals surface area (Å²) in [7, 11) is 1.61.